The van der Waals surface area contributed by atoms with Gasteiger partial charge in [0.2, 0.25) is 0 Å². The Morgan fingerprint density at radius 2 is 1.65 bits per heavy atom. The number of hydrogen-bond acceptors (Lipinski definition) is 15. The van der Waals surface area contributed by atoms with Crippen LogP contribution in [0.15, 0.2) is 0 Å². The Balaban J connectivity index is 2.86. The average molecular weight is 526 g/mol. The zero-order chi connectivity index (χ0) is 26.1. The first-order valence-corrected chi connectivity index (χ1v) is 11.7. The largest absolute Gasteiger partial charge is 0.474 e. The highest BCUT2D eigenvalue weighted by molar-refractivity contribution is 7.47. The predicted octanol–water partition coefficient (Wildman–Crippen LogP) is -4.61. The Morgan fingerprint density at radius 1 is 1.00 bits per heavy atom. The lowest BCUT2D eigenvalue weighted by Gasteiger charge is -2.41. The summed E-state index contributed by atoms with van der Waals surface area (Å²) in [4.78, 5) is 9.88. The molecule has 0 aliphatic carbocycles. The molecule has 9 N–H and O–H groups in total. The van der Waals surface area contributed by atoms with Crippen molar-refractivity contribution < 1.29 is 78.3 Å². The van der Waals surface area contributed by atoms with Crippen LogP contribution in [0.25, 0.3) is 0 Å². The fourth-order valence-corrected chi connectivity index (χ4v) is 3.63. The number of hydrogen-bond donors (Lipinski definition) is 9. The summed E-state index contributed by atoms with van der Waals surface area (Å²) >= 11 is 0. The van der Waals surface area contributed by atoms with E-state index in [2.05, 4.69) is 4.52 Å². The van der Waals surface area contributed by atoms with Crippen LogP contribution in [0.4, 0.5) is 0 Å². The molecule has 34 heavy (non-hydrogen) atoms. The Kier molecular flexibility index (Phi) is 14.0. The van der Waals surface area contributed by atoms with Crippen LogP contribution in [0.2, 0.25) is 0 Å². The van der Waals surface area contributed by atoms with E-state index in [9.17, 15) is 45.2 Å². The van der Waals surface area contributed by atoms with Crippen LogP contribution in [-0.2, 0) is 32.6 Å². The Labute approximate surface area is 195 Å². The van der Waals surface area contributed by atoms with Crippen molar-refractivity contribution in [3.8, 4) is 0 Å². The molecule has 1 heterocycles. The van der Waals surface area contributed by atoms with Crippen LogP contribution in [0.1, 0.15) is 6.92 Å². The van der Waals surface area contributed by atoms with Gasteiger partial charge in [0.1, 0.15) is 42.7 Å². The van der Waals surface area contributed by atoms with E-state index in [1.165, 1.54) is 14.0 Å². The first-order valence-electron chi connectivity index (χ1n) is 10.2. The summed E-state index contributed by atoms with van der Waals surface area (Å²) in [5.74, 6) is 0. The van der Waals surface area contributed by atoms with E-state index < -0.39 is 102 Å². The molecule has 0 bridgehead atoms. The summed E-state index contributed by atoms with van der Waals surface area (Å²) in [6.45, 7) is -2.29. The summed E-state index contributed by atoms with van der Waals surface area (Å²) in [6, 6.07) is 0. The van der Waals surface area contributed by atoms with Crippen molar-refractivity contribution in [2.75, 3.05) is 40.1 Å². The van der Waals surface area contributed by atoms with Crippen molar-refractivity contribution in [3.05, 3.63) is 0 Å². The van der Waals surface area contributed by atoms with Crippen LogP contribution >= 0.6 is 7.82 Å². The molecule has 0 amide bonds. The molecule has 1 rings (SSSR count). The van der Waals surface area contributed by atoms with Gasteiger partial charge in [-0.05, 0) is 6.92 Å². The van der Waals surface area contributed by atoms with Gasteiger partial charge in [-0.1, -0.05) is 0 Å². The zero-order valence-electron chi connectivity index (χ0n) is 18.6. The fraction of sp³-hybridized carbons (Fsp3) is 1.00. The lowest BCUT2D eigenvalue weighted by atomic mass is 9.99. The van der Waals surface area contributed by atoms with Crippen LogP contribution in [0.3, 0.4) is 0 Å². The van der Waals surface area contributed by atoms with E-state index in [-0.39, 0.29) is 0 Å². The maximum Gasteiger partial charge on any atom is 0.474 e. The van der Waals surface area contributed by atoms with Crippen molar-refractivity contribution in [1.82, 2.24) is 0 Å². The molecule has 204 valence electrons. The molecule has 17 heteroatoms. The Morgan fingerprint density at radius 3 is 2.15 bits per heavy atom. The third kappa shape index (κ3) is 9.25. The van der Waals surface area contributed by atoms with Crippen molar-refractivity contribution in [1.29, 1.82) is 0 Å². The number of rotatable bonds is 16. The molecule has 0 aromatic rings. The number of phosphoric ester groups is 1. The summed E-state index contributed by atoms with van der Waals surface area (Å²) in [7, 11) is -3.71. The van der Waals surface area contributed by atoms with E-state index in [1.54, 1.807) is 0 Å². The quantitative estimate of drug-likeness (QED) is 0.0677. The molecule has 0 aromatic heterocycles. The smallest absolute Gasteiger partial charge is 0.394 e. The van der Waals surface area contributed by atoms with E-state index in [0.29, 0.717) is 0 Å². The van der Waals surface area contributed by atoms with Gasteiger partial charge in [0.15, 0.2) is 12.6 Å². The summed E-state index contributed by atoms with van der Waals surface area (Å²) in [5, 5.41) is 76.9. The summed E-state index contributed by atoms with van der Waals surface area (Å²) < 4.78 is 42.3. The van der Waals surface area contributed by atoms with E-state index in [4.69, 9.17) is 28.6 Å². The third-order valence-corrected chi connectivity index (χ3v) is 5.86. The van der Waals surface area contributed by atoms with Gasteiger partial charge in [0.25, 0.3) is 0 Å². The first kappa shape index (κ1) is 31.7. The summed E-state index contributed by atoms with van der Waals surface area (Å²) in [5.41, 5.74) is 0. The van der Waals surface area contributed by atoms with E-state index in [0.717, 1.165) is 0 Å². The second-order valence-corrected chi connectivity index (χ2v) is 8.83. The second kappa shape index (κ2) is 15.0. The highest BCUT2D eigenvalue weighted by Crippen LogP contribution is 2.45. The van der Waals surface area contributed by atoms with Crippen LogP contribution in [-0.4, -0.2) is 147 Å². The van der Waals surface area contributed by atoms with Crippen LogP contribution < -0.4 is 0 Å². The topological polar surface area (TPSA) is 255 Å². The number of ether oxygens (including phenoxy) is 4. The molecule has 0 saturated carbocycles. The molecule has 1 fully saturated rings. The lowest BCUT2D eigenvalue weighted by molar-refractivity contribution is -0.322. The molecular weight excluding hydrogens is 491 g/mol. The number of aliphatic hydroxyl groups excluding tert-OH is 8. The molecule has 0 radical (unpaired) electrons. The Hall–Kier alpha value is -0.370. The van der Waals surface area contributed by atoms with Crippen LogP contribution in [0.5, 0.6) is 0 Å². The zero-order valence-corrected chi connectivity index (χ0v) is 19.5. The molecule has 0 spiro atoms. The molecule has 11 atom stereocenters. The van der Waals surface area contributed by atoms with Crippen molar-refractivity contribution in [3.63, 3.8) is 0 Å². The molecule has 1 aliphatic heterocycles. The molecule has 1 saturated heterocycles. The van der Waals surface area contributed by atoms with Crippen molar-refractivity contribution in [2.24, 2.45) is 0 Å². The predicted molar refractivity (Wildman–Crippen MR) is 108 cm³/mol. The standard InChI is InChI=1S/C17H35O16P/c1-8(30-17-15(25)14(24)13(23)12(6-21)32-17)11(5-20)31-16(10(22)4-19)33-34(26,27)29-7-9(3-18)28-2/h8-25H,3-7H2,1-2H3,(H,26,27)/t8-,9?,10-,11?,12?,13-,14?,15-,16-,17+/m0/s1. The summed E-state index contributed by atoms with van der Waals surface area (Å²) in [6.07, 6.45) is -15.4. The normalized spacial score (nSPS) is 31.9. The SMILES string of the molecule is COC(CO)COP(=O)(O)O[C@H](OC(CO)[C@H](C)O[C@@H]1OC(CO)[C@H](O)C(O)[C@@H]1O)[C@@H](O)CO. The van der Waals surface area contributed by atoms with Crippen LogP contribution in [0, 0.1) is 0 Å². The minimum absolute atomic E-state index is 0.533. The third-order valence-electron chi connectivity index (χ3n) is 4.91. The van der Waals surface area contributed by atoms with Gasteiger partial charge >= 0.3 is 7.82 Å². The molecule has 5 unspecified atom stereocenters. The first-order chi connectivity index (χ1) is 15.9. The molecule has 1 aliphatic rings. The minimum Gasteiger partial charge on any atom is -0.394 e. The van der Waals surface area contributed by atoms with Gasteiger partial charge in [0.05, 0.1) is 39.1 Å². The van der Waals surface area contributed by atoms with Crippen molar-refractivity contribution in [2.45, 2.75) is 68.3 Å². The molecule has 0 aromatic carbocycles. The average Bonchev–Trinajstić information content (AvgIpc) is 2.81. The van der Waals surface area contributed by atoms with Gasteiger partial charge in [-0.2, -0.15) is 0 Å². The van der Waals surface area contributed by atoms with Gasteiger partial charge in [0, 0.05) is 7.11 Å². The van der Waals surface area contributed by atoms with Gasteiger partial charge in [-0.15, -0.1) is 0 Å². The van der Waals surface area contributed by atoms with Gasteiger partial charge in [-0.25, -0.2) is 4.57 Å². The molecule has 16 nitrogen and oxygen atoms in total. The van der Waals surface area contributed by atoms with Gasteiger partial charge < -0.3 is 64.7 Å². The molecular formula is C17H35O16P. The second-order valence-electron chi connectivity index (χ2n) is 7.42. The van der Waals surface area contributed by atoms with E-state index >= 15 is 0 Å². The minimum atomic E-state index is -4.93. The maximum atomic E-state index is 12.2. The highest BCUT2D eigenvalue weighted by Gasteiger charge is 2.45. The lowest BCUT2D eigenvalue weighted by Crippen LogP contribution is -2.60. The Bertz CT molecular complexity index is 606. The number of phosphoric acid groups is 1. The fourth-order valence-electron chi connectivity index (χ4n) is 2.76. The van der Waals surface area contributed by atoms with Crippen molar-refractivity contribution >= 4 is 7.82 Å². The maximum absolute atomic E-state index is 12.2. The monoisotopic (exact) mass is 526 g/mol. The van der Waals surface area contributed by atoms with E-state index in [1.807, 2.05) is 0 Å². The highest BCUT2D eigenvalue weighted by atomic mass is 31.2. The number of aliphatic hydroxyl groups is 8. The number of methoxy groups -OCH3 is 1. The van der Waals surface area contributed by atoms with Gasteiger partial charge in [-0.3, -0.25) is 9.05 Å².